The normalized spacial score (nSPS) is 11.3. The Bertz CT molecular complexity index is 1050. The molecular weight excluding hydrogens is 414 g/mol. The van der Waals surface area contributed by atoms with Gasteiger partial charge < -0.3 is 14.5 Å². The van der Waals surface area contributed by atoms with Crippen LogP contribution in [0.25, 0.3) is 11.5 Å². The minimum absolute atomic E-state index is 0.128. The molecule has 0 aliphatic carbocycles. The van der Waals surface area contributed by atoms with E-state index in [1.54, 1.807) is 37.3 Å². The topological polar surface area (TPSA) is 94.3 Å². The zero-order valence-corrected chi connectivity index (χ0v) is 18.0. The van der Waals surface area contributed by atoms with Crippen LogP contribution in [0.1, 0.15) is 41.9 Å². The Morgan fingerprint density at radius 2 is 1.97 bits per heavy atom. The second-order valence-corrected chi connectivity index (χ2v) is 8.84. The van der Waals surface area contributed by atoms with Gasteiger partial charge in [-0.15, -0.1) is 21.5 Å². The van der Waals surface area contributed by atoms with Crippen LogP contribution in [-0.2, 0) is 16.1 Å². The van der Waals surface area contributed by atoms with Gasteiger partial charge in [0.25, 0.3) is 5.89 Å². The van der Waals surface area contributed by atoms with Gasteiger partial charge in [0, 0.05) is 5.41 Å². The summed E-state index contributed by atoms with van der Waals surface area (Å²) < 4.78 is 10.8. The standard InChI is InChI=1S/C20H20ClN3O4S/c1-11-9-15(22-19(26)20(2,3)4)29-16(11)18(25)27-10-14-23-24-17(28-14)12-7-5-6-8-13(12)21/h5-9H,10H2,1-4H3,(H,22,26). The molecule has 2 heterocycles. The number of aryl methyl sites for hydroxylation is 1. The molecule has 29 heavy (non-hydrogen) atoms. The number of hydrogen-bond donors (Lipinski definition) is 1. The molecule has 9 heteroatoms. The van der Waals surface area contributed by atoms with Crippen molar-refractivity contribution in [1.82, 2.24) is 10.2 Å². The van der Waals surface area contributed by atoms with E-state index in [1.165, 1.54) is 0 Å². The van der Waals surface area contributed by atoms with Crippen molar-refractivity contribution in [3.05, 3.63) is 51.7 Å². The minimum atomic E-state index is -0.532. The van der Waals surface area contributed by atoms with E-state index < -0.39 is 11.4 Å². The number of rotatable bonds is 5. The van der Waals surface area contributed by atoms with E-state index in [-0.39, 0.29) is 24.3 Å². The van der Waals surface area contributed by atoms with Gasteiger partial charge in [-0.2, -0.15) is 0 Å². The number of benzene rings is 1. The lowest BCUT2D eigenvalue weighted by molar-refractivity contribution is -0.123. The first kappa shape index (κ1) is 21.0. The highest BCUT2D eigenvalue weighted by Crippen LogP contribution is 2.30. The maximum Gasteiger partial charge on any atom is 0.349 e. The summed E-state index contributed by atoms with van der Waals surface area (Å²) in [4.78, 5) is 25.0. The van der Waals surface area contributed by atoms with E-state index >= 15 is 0 Å². The maximum absolute atomic E-state index is 12.4. The van der Waals surface area contributed by atoms with Crippen LogP contribution in [0.5, 0.6) is 0 Å². The van der Waals surface area contributed by atoms with Crippen molar-refractivity contribution in [2.24, 2.45) is 5.41 Å². The van der Waals surface area contributed by atoms with Crippen LogP contribution in [-0.4, -0.2) is 22.1 Å². The molecule has 2 aromatic heterocycles. The summed E-state index contributed by atoms with van der Waals surface area (Å²) in [7, 11) is 0. The number of nitrogens with zero attached hydrogens (tertiary/aromatic N) is 2. The first-order valence-electron chi connectivity index (χ1n) is 8.81. The highest BCUT2D eigenvalue weighted by atomic mass is 35.5. The van der Waals surface area contributed by atoms with Gasteiger partial charge in [0.1, 0.15) is 4.88 Å². The van der Waals surface area contributed by atoms with E-state index in [2.05, 4.69) is 15.5 Å². The van der Waals surface area contributed by atoms with Gasteiger partial charge in [-0.05, 0) is 30.7 Å². The van der Waals surface area contributed by atoms with Crippen molar-refractivity contribution < 1.29 is 18.7 Å². The SMILES string of the molecule is Cc1cc(NC(=O)C(C)(C)C)sc1C(=O)OCc1nnc(-c2ccccc2Cl)o1. The van der Waals surface area contributed by atoms with E-state index in [4.69, 9.17) is 20.8 Å². The zero-order chi connectivity index (χ0) is 21.2. The fraction of sp³-hybridized carbons (Fsp3) is 0.300. The van der Waals surface area contributed by atoms with Crippen LogP contribution in [0.3, 0.4) is 0 Å². The average molecular weight is 434 g/mol. The van der Waals surface area contributed by atoms with Gasteiger partial charge in [-0.1, -0.05) is 44.5 Å². The molecule has 0 aliphatic rings. The fourth-order valence-electron chi connectivity index (χ4n) is 2.29. The van der Waals surface area contributed by atoms with Crippen LogP contribution in [0.15, 0.2) is 34.7 Å². The smallest absolute Gasteiger partial charge is 0.349 e. The number of halogens is 1. The Hall–Kier alpha value is -2.71. The third-order valence-electron chi connectivity index (χ3n) is 3.92. The van der Waals surface area contributed by atoms with E-state index in [0.717, 1.165) is 11.3 Å². The van der Waals surface area contributed by atoms with Crippen molar-refractivity contribution in [3.8, 4) is 11.5 Å². The molecule has 0 fully saturated rings. The van der Waals surface area contributed by atoms with Gasteiger partial charge in [-0.3, -0.25) is 4.79 Å². The van der Waals surface area contributed by atoms with Crippen molar-refractivity contribution in [1.29, 1.82) is 0 Å². The number of carbonyl (C=O) groups excluding carboxylic acids is 2. The van der Waals surface area contributed by atoms with Crippen LogP contribution < -0.4 is 5.32 Å². The highest BCUT2D eigenvalue weighted by Gasteiger charge is 2.23. The monoisotopic (exact) mass is 433 g/mol. The number of hydrogen-bond acceptors (Lipinski definition) is 7. The minimum Gasteiger partial charge on any atom is -0.451 e. The van der Waals surface area contributed by atoms with Gasteiger partial charge in [0.15, 0.2) is 6.61 Å². The average Bonchev–Trinajstić information content (AvgIpc) is 3.26. The summed E-state index contributed by atoms with van der Waals surface area (Å²) in [5.41, 5.74) is 0.787. The molecule has 0 radical (unpaired) electrons. The summed E-state index contributed by atoms with van der Waals surface area (Å²) in [5.74, 6) is -0.247. The number of aromatic nitrogens is 2. The second-order valence-electron chi connectivity index (χ2n) is 7.38. The molecule has 0 aliphatic heterocycles. The molecule has 0 bridgehead atoms. The number of esters is 1. The first-order valence-corrected chi connectivity index (χ1v) is 10.0. The summed E-state index contributed by atoms with van der Waals surface area (Å²) in [5, 5.41) is 11.7. The molecule has 0 spiro atoms. The molecule has 7 nitrogen and oxygen atoms in total. The van der Waals surface area contributed by atoms with Gasteiger partial charge in [0.2, 0.25) is 11.8 Å². The first-order chi connectivity index (χ1) is 13.6. The number of carbonyl (C=O) groups is 2. The van der Waals surface area contributed by atoms with Crippen molar-refractivity contribution in [2.75, 3.05) is 5.32 Å². The molecule has 1 amide bonds. The van der Waals surface area contributed by atoms with Gasteiger partial charge >= 0.3 is 5.97 Å². The van der Waals surface area contributed by atoms with Crippen LogP contribution >= 0.6 is 22.9 Å². The van der Waals surface area contributed by atoms with E-state index in [9.17, 15) is 9.59 Å². The Morgan fingerprint density at radius 1 is 1.24 bits per heavy atom. The lowest BCUT2D eigenvalue weighted by atomic mass is 9.96. The molecule has 3 aromatic rings. The molecule has 0 atom stereocenters. The number of ether oxygens (including phenoxy) is 1. The molecule has 1 aromatic carbocycles. The predicted octanol–water partition coefficient (Wildman–Crippen LogP) is 5.10. The quantitative estimate of drug-likeness (QED) is 0.562. The Kier molecular flexibility index (Phi) is 6.04. The van der Waals surface area contributed by atoms with Crippen LogP contribution in [0, 0.1) is 12.3 Å². The second kappa shape index (κ2) is 8.34. The molecule has 0 saturated carbocycles. The molecular formula is C20H20ClN3O4S. The highest BCUT2D eigenvalue weighted by molar-refractivity contribution is 7.18. The Morgan fingerprint density at radius 3 is 2.66 bits per heavy atom. The summed E-state index contributed by atoms with van der Waals surface area (Å²) >= 11 is 7.28. The number of nitrogens with one attached hydrogen (secondary N) is 1. The molecule has 3 rings (SSSR count). The predicted molar refractivity (Wildman–Crippen MR) is 111 cm³/mol. The number of anilines is 1. The molecule has 152 valence electrons. The van der Waals surface area contributed by atoms with Gasteiger partial charge in [0.05, 0.1) is 15.6 Å². The van der Waals surface area contributed by atoms with E-state index in [0.29, 0.717) is 26.0 Å². The third-order valence-corrected chi connectivity index (χ3v) is 5.38. The molecule has 0 unspecified atom stereocenters. The fourth-order valence-corrected chi connectivity index (χ4v) is 3.47. The Balaban J connectivity index is 1.65. The van der Waals surface area contributed by atoms with Gasteiger partial charge in [-0.25, -0.2) is 4.79 Å². The third kappa shape index (κ3) is 5.02. The number of amides is 1. The number of thiophene rings is 1. The molecule has 1 N–H and O–H groups in total. The maximum atomic E-state index is 12.4. The van der Waals surface area contributed by atoms with Crippen LogP contribution in [0.4, 0.5) is 5.00 Å². The molecule has 0 saturated heterocycles. The van der Waals surface area contributed by atoms with Crippen molar-refractivity contribution in [3.63, 3.8) is 0 Å². The van der Waals surface area contributed by atoms with E-state index in [1.807, 2.05) is 20.8 Å². The van der Waals surface area contributed by atoms with Crippen molar-refractivity contribution >= 4 is 39.8 Å². The zero-order valence-electron chi connectivity index (χ0n) is 16.4. The largest absolute Gasteiger partial charge is 0.451 e. The van der Waals surface area contributed by atoms with Crippen molar-refractivity contribution in [2.45, 2.75) is 34.3 Å². The van der Waals surface area contributed by atoms with Crippen LogP contribution in [0.2, 0.25) is 5.02 Å². The Labute approximate surface area is 177 Å². The summed E-state index contributed by atoms with van der Waals surface area (Å²) in [6.45, 7) is 7.07. The lowest BCUT2D eigenvalue weighted by Gasteiger charge is -2.16. The summed E-state index contributed by atoms with van der Waals surface area (Å²) in [6.07, 6.45) is 0. The summed E-state index contributed by atoms with van der Waals surface area (Å²) in [6, 6.07) is 8.82. The lowest BCUT2D eigenvalue weighted by Crippen LogP contribution is -2.27.